The molecule has 1 aliphatic carbocycles. The van der Waals surface area contributed by atoms with Gasteiger partial charge in [0.05, 0.1) is 11.7 Å². The van der Waals surface area contributed by atoms with E-state index in [4.69, 9.17) is 5.73 Å². The molecule has 1 saturated carbocycles. The molecule has 0 radical (unpaired) electrons. The molecule has 0 unspecified atom stereocenters. The number of nitrogens with two attached hydrogens (primary N) is 1. The standard InChI is InChI=1S/C13H15N5/c14-9-2-1-8(5-9)11-6-16-12-7-17-13-10(18(11)12)3-4-15-13/h3-4,6-9,15H,1-2,5,14H2/t8-,9-/m0/s1. The van der Waals surface area contributed by atoms with Gasteiger partial charge in [0.25, 0.3) is 0 Å². The van der Waals surface area contributed by atoms with Crippen molar-refractivity contribution in [1.82, 2.24) is 19.4 Å². The van der Waals surface area contributed by atoms with E-state index in [1.807, 2.05) is 18.6 Å². The summed E-state index contributed by atoms with van der Waals surface area (Å²) >= 11 is 0. The van der Waals surface area contributed by atoms with Crippen molar-refractivity contribution in [2.24, 2.45) is 5.73 Å². The van der Waals surface area contributed by atoms with E-state index in [1.165, 1.54) is 5.69 Å². The lowest BCUT2D eigenvalue weighted by molar-refractivity contribution is 0.660. The Morgan fingerprint density at radius 2 is 2.22 bits per heavy atom. The van der Waals surface area contributed by atoms with Crippen LogP contribution in [0.3, 0.4) is 0 Å². The summed E-state index contributed by atoms with van der Waals surface area (Å²) in [6.45, 7) is 0. The first kappa shape index (κ1) is 10.1. The van der Waals surface area contributed by atoms with Gasteiger partial charge in [-0.3, -0.25) is 4.40 Å². The summed E-state index contributed by atoms with van der Waals surface area (Å²) < 4.78 is 2.21. The Morgan fingerprint density at radius 3 is 3.06 bits per heavy atom. The van der Waals surface area contributed by atoms with Crippen LogP contribution < -0.4 is 5.73 Å². The summed E-state index contributed by atoms with van der Waals surface area (Å²) in [6.07, 6.45) is 9.04. The quantitative estimate of drug-likeness (QED) is 0.682. The topological polar surface area (TPSA) is 72.0 Å². The first-order valence-electron chi connectivity index (χ1n) is 6.38. The molecule has 3 heterocycles. The van der Waals surface area contributed by atoms with Gasteiger partial charge in [0.15, 0.2) is 11.3 Å². The van der Waals surface area contributed by atoms with Crippen molar-refractivity contribution in [1.29, 1.82) is 0 Å². The Hall–Kier alpha value is -1.88. The predicted molar refractivity (Wildman–Crippen MR) is 69.4 cm³/mol. The van der Waals surface area contributed by atoms with Gasteiger partial charge in [-0.25, -0.2) is 9.97 Å². The molecule has 2 atom stereocenters. The van der Waals surface area contributed by atoms with Gasteiger partial charge in [0, 0.05) is 30.0 Å². The molecule has 92 valence electrons. The van der Waals surface area contributed by atoms with Crippen LogP contribution in [0.1, 0.15) is 30.9 Å². The van der Waals surface area contributed by atoms with E-state index in [9.17, 15) is 0 Å². The Morgan fingerprint density at radius 1 is 1.28 bits per heavy atom. The lowest BCUT2D eigenvalue weighted by Gasteiger charge is -2.09. The highest BCUT2D eigenvalue weighted by Crippen LogP contribution is 2.34. The lowest BCUT2D eigenvalue weighted by atomic mass is 10.0. The predicted octanol–water partition coefficient (Wildman–Crippen LogP) is 1.81. The summed E-state index contributed by atoms with van der Waals surface area (Å²) in [5.41, 5.74) is 10.2. The molecule has 4 rings (SSSR count). The van der Waals surface area contributed by atoms with E-state index < -0.39 is 0 Å². The summed E-state index contributed by atoms with van der Waals surface area (Å²) in [4.78, 5) is 12.0. The van der Waals surface area contributed by atoms with Gasteiger partial charge in [-0.1, -0.05) is 0 Å². The number of fused-ring (bicyclic) bond motifs is 3. The normalized spacial score (nSPS) is 24.3. The second-order valence-electron chi connectivity index (χ2n) is 5.12. The van der Waals surface area contributed by atoms with Gasteiger partial charge in [0.1, 0.15) is 0 Å². The van der Waals surface area contributed by atoms with Crippen LogP contribution in [-0.4, -0.2) is 25.4 Å². The lowest BCUT2D eigenvalue weighted by Crippen LogP contribution is -2.14. The Kier molecular flexibility index (Phi) is 1.99. The molecule has 1 aliphatic rings. The maximum absolute atomic E-state index is 6.02. The average molecular weight is 241 g/mol. The van der Waals surface area contributed by atoms with Crippen molar-refractivity contribution in [2.75, 3.05) is 0 Å². The molecule has 0 saturated heterocycles. The largest absolute Gasteiger partial charge is 0.345 e. The molecule has 18 heavy (non-hydrogen) atoms. The molecule has 0 spiro atoms. The molecule has 0 bridgehead atoms. The van der Waals surface area contributed by atoms with Crippen molar-refractivity contribution >= 4 is 16.8 Å². The van der Waals surface area contributed by atoms with Crippen LogP contribution in [0.2, 0.25) is 0 Å². The Bertz CT molecular complexity index is 710. The van der Waals surface area contributed by atoms with E-state index in [2.05, 4.69) is 25.4 Å². The molecule has 3 aromatic rings. The third-order valence-corrected chi connectivity index (χ3v) is 3.96. The third-order valence-electron chi connectivity index (χ3n) is 3.96. The molecule has 3 N–H and O–H groups in total. The van der Waals surface area contributed by atoms with Crippen molar-refractivity contribution < 1.29 is 0 Å². The van der Waals surface area contributed by atoms with Gasteiger partial charge >= 0.3 is 0 Å². The minimum absolute atomic E-state index is 0.337. The fourth-order valence-electron chi connectivity index (χ4n) is 3.07. The van der Waals surface area contributed by atoms with E-state index >= 15 is 0 Å². The van der Waals surface area contributed by atoms with Gasteiger partial charge in [0.2, 0.25) is 0 Å². The van der Waals surface area contributed by atoms with Crippen molar-refractivity contribution in [3.63, 3.8) is 0 Å². The van der Waals surface area contributed by atoms with Gasteiger partial charge in [-0.2, -0.15) is 0 Å². The highest BCUT2D eigenvalue weighted by molar-refractivity contribution is 5.74. The molecular formula is C13H15N5. The number of imidazole rings is 1. The van der Waals surface area contributed by atoms with E-state index in [0.29, 0.717) is 12.0 Å². The maximum Gasteiger partial charge on any atom is 0.156 e. The molecule has 5 heteroatoms. The van der Waals surface area contributed by atoms with E-state index in [0.717, 1.165) is 36.1 Å². The first-order chi connectivity index (χ1) is 8.83. The minimum Gasteiger partial charge on any atom is -0.345 e. The molecule has 1 fully saturated rings. The van der Waals surface area contributed by atoms with Crippen LogP contribution in [0.4, 0.5) is 0 Å². The zero-order valence-electron chi connectivity index (χ0n) is 10.0. The number of nitrogens with zero attached hydrogens (tertiary/aromatic N) is 3. The number of aromatic amines is 1. The minimum atomic E-state index is 0.337. The molecule has 0 aliphatic heterocycles. The maximum atomic E-state index is 6.02. The van der Waals surface area contributed by atoms with Crippen LogP contribution in [0.5, 0.6) is 0 Å². The SMILES string of the molecule is N[C@H]1CC[C@H](c2cnc3cnc4[nH]ccc4n23)C1. The van der Waals surface area contributed by atoms with Crippen LogP contribution >= 0.6 is 0 Å². The molecule has 3 aromatic heterocycles. The number of hydrogen-bond acceptors (Lipinski definition) is 3. The number of aromatic nitrogens is 4. The highest BCUT2D eigenvalue weighted by Gasteiger charge is 2.26. The smallest absolute Gasteiger partial charge is 0.156 e. The third kappa shape index (κ3) is 1.31. The van der Waals surface area contributed by atoms with Gasteiger partial charge in [-0.15, -0.1) is 0 Å². The van der Waals surface area contributed by atoms with Crippen LogP contribution in [0.15, 0.2) is 24.7 Å². The average Bonchev–Trinajstić information content (AvgIpc) is 3.03. The molecule has 0 aromatic carbocycles. The summed E-state index contributed by atoms with van der Waals surface area (Å²) in [5.74, 6) is 0.524. The van der Waals surface area contributed by atoms with Gasteiger partial charge < -0.3 is 10.7 Å². The zero-order chi connectivity index (χ0) is 12.1. The number of nitrogens with one attached hydrogen (secondary N) is 1. The van der Waals surface area contributed by atoms with Crippen LogP contribution in [-0.2, 0) is 0 Å². The summed E-state index contributed by atoms with van der Waals surface area (Å²) in [6, 6.07) is 2.39. The van der Waals surface area contributed by atoms with Crippen molar-refractivity contribution in [2.45, 2.75) is 31.2 Å². The van der Waals surface area contributed by atoms with Crippen LogP contribution in [0, 0.1) is 0 Å². The fourth-order valence-corrected chi connectivity index (χ4v) is 3.07. The molecular weight excluding hydrogens is 226 g/mol. The number of hydrogen-bond donors (Lipinski definition) is 2. The summed E-state index contributed by atoms with van der Waals surface area (Å²) in [5, 5.41) is 0. The van der Waals surface area contributed by atoms with Gasteiger partial charge in [-0.05, 0) is 25.3 Å². The zero-order valence-corrected chi connectivity index (χ0v) is 10.0. The van der Waals surface area contributed by atoms with Crippen molar-refractivity contribution in [3.05, 3.63) is 30.4 Å². The fraction of sp³-hybridized carbons (Fsp3) is 0.385. The molecule has 0 amide bonds. The Balaban J connectivity index is 1.97. The first-order valence-corrected chi connectivity index (χ1v) is 6.38. The van der Waals surface area contributed by atoms with Crippen LogP contribution in [0.25, 0.3) is 16.8 Å². The number of H-pyrrole nitrogens is 1. The van der Waals surface area contributed by atoms with E-state index in [1.54, 1.807) is 0 Å². The van der Waals surface area contributed by atoms with Crippen molar-refractivity contribution in [3.8, 4) is 0 Å². The second-order valence-corrected chi connectivity index (χ2v) is 5.12. The monoisotopic (exact) mass is 241 g/mol. The second kappa shape index (κ2) is 3.55. The highest BCUT2D eigenvalue weighted by atomic mass is 15.1. The number of rotatable bonds is 1. The summed E-state index contributed by atoms with van der Waals surface area (Å²) in [7, 11) is 0. The Labute approximate surface area is 104 Å². The molecule has 5 nitrogen and oxygen atoms in total. The van der Waals surface area contributed by atoms with E-state index in [-0.39, 0.29) is 0 Å².